The molecule has 1 amide bonds. The maximum atomic E-state index is 10.9. The number of aliphatic imine (C=N–C) groups is 1. The van der Waals surface area contributed by atoms with Gasteiger partial charge in [0.1, 0.15) is 12.2 Å². The molecule has 0 saturated heterocycles. The quantitative estimate of drug-likeness (QED) is 0.332. The number of rotatable bonds is 1. The van der Waals surface area contributed by atoms with Crippen LogP contribution in [0.3, 0.4) is 0 Å². The van der Waals surface area contributed by atoms with E-state index in [1.807, 2.05) is 5.16 Å². The Morgan fingerprint density at radius 1 is 1.73 bits per heavy atom. The molecule has 52 valence electrons. The second-order valence-electron chi connectivity index (χ2n) is 1.80. The molecular weight excluding hydrogens is 158 g/mol. The van der Waals surface area contributed by atoms with Crippen molar-refractivity contribution in [1.29, 1.82) is 0 Å². The van der Waals surface area contributed by atoms with Crippen molar-refractivity contribution in [3.63, 3.8) is 0 Å². The monoisotopic (exact) mass is 162 g/mol. The number of isothiocyanates is 1. The Balaban J connectivity index is 2.84. The van der Waals surface area contributed by atoms with Gasteiger partial charge in [-0.3, -0.25) is 4.79 Å². The standard InChI is InChI=1S/C8H4NOS/c10-8(9-6-11)7-4-2-1-3-5-7/h2-5H/q+1. The number of allylic oxidation sites excluding steroid dienone is 4. The Bertz CT molecular complexity index is 306. The van der Waals surface area contributed by atoms with Crippen LogP contribution in [0.1, 0.15) is 0 Å². The minimum atomic E-state index is -0.367. The van der Waals surface area contributed by atoms with E-state index < -0.39 is 0 Å². The molecule has 0 fully saturated rings. The van der Waals surface area contributed by atoms with Crippen LogP contribution < -0.4 is 0 Å². The zero-order valence-electron chi connectivity index (χ0n) is 5.57. The number of carbonyl (C=O) groups excluding carboxylic acids is 1. The van der Waals surface area contributed by atoms with Crippen LogP contribution in [0, 0.1) is 6.08 Å². The third-order valence-electron chi connectivity index (χ3n) is 1.11. The van der Waals surface area contributed by atoms with Gasteiger partial charge in [-0.25, -0.2) is 0 Å². The molecule has 0 aliphatic heterocycles. The molecule has 0 atom stereocenters. The Kier molecular flexibility index (Phi) is 2.59. The summed E-state index contributed by atoms with van der Waals surface area (Å²) in [5, 5.41) is 2.01. The zero-order valence-corrected chi connectivity index (χ0v) is 6.39. The van der Waals surface area contributed by atoms with Gasteiger partial charge >= 0.3 is 5.91 Å². The highest BCUT2D eigenvalue weighted by atomic mass is 32.1. The molecule has 11 heavy (non-hydrogen) atoms. The van der Waals surface area contributed by atoms with Crippen LogP contribution >= 0.6 is 12.2 Å². The summed E-state index contributed by atoms with van der Waals surface area (Å²) < 4.78 is 0. The Labute approximate surface area is 69.6 Å². The van der Waals surface area contributed by atoms with Gasteiger partial charge in [0.25, 0.3) is 0 Å². The fraction of sp³-hybridized carbons (Fsp3) is 0. The summed E-state index contributed by atoms with van der Waals surface area (Å²) in [5.41, 5.74) is 0.501. The van der Waals surface area contributed by atoms with E-state index in [1.165, 1.54) is 0 Å². The predicted molar refractivity (Wildman–Crippen MR) is 45.1 cm³/mol. The van der Waals surface area contributed by atoms with Gasteiger partial charge in [0, 0.05) is 6.08 Å². The highest BCUT2D eigenvalue weighted by molar-refractivity contribution is 7.78. The molecule has 1 aliphatic rings. The molecule has 0 N–H and O–H groups in total. The van der Waals surface area contributed by atoms with Crippen molar-refractivity contribution in [3.05, 3.63) is 36.0 Å². The summed E-state index contributed by atoms with van der Waals surface area (Å²) in [6.07, 6.45) is 9.33. The first-order valence-corrected chi connectivity index (χ1v) is 3.34. The Morgan fingerprint density at radius 3 is 3.09 bits per heavy atom. The fourth-order valence-electron chi connectivity index (χ4n) is 0.635. The molecule has 3 heteroatoms. The molecule has 1 rings (SSSR count). The maximum absolute atomic E-state index is 10.9. The molecule has 0 unspecified atom stereocenters. The second-order valence-corrected chi connectivity index (χ2v) is 1.98. The van der Waals surface area contributed by atoms with Crippen molar-refractivity contribution >= 4 is 23.3 Å². The molecule has 0 heterocycles. The molecular formula is C8H4NOS+. The number of thiocarbonyl (C=S) groups is 1. The number of hydrogen-bond donors (Lipinski definition) is 0. The Hall–Kier alpha value is -1.40. The van der Waals surface area contributed by atoms with Crippen molar-refractivity contribution in [2.24, 2.45) is 4.99 Å². The van der Waals surface area contributed by atoms with Crippen molar-refractivity contribution < 1.29 is 4.79 Å². The van der Waals surface area contributed by atoms with Crippen molar-refractivity contribution in [2.45, 2.75) is 0 Å². The average Bonchev–Trinajstić information content (AvgIpc) is 2.07. The van der Waals surface area contributed by atoms with Gasteiger partial charge in [0.05, 0.1) is 17.3 Å². The smallest absolute Gasteiger partial charge is 0.263 e. The van der Waals surface area contributed by atoms with Gasteiger partial charge in [-0.05, 0) is 12.2 Å². The van der Waals surface area contributed by atoms with Gasteiger partial charge in [-0.1, -0.05) is 0 Å². The van der Waals surface area contributed by atoms with E-state index in [0.29, 0.717) is 5.57 Å². The largest absolute Gasteiger partial charge is 0.312 e. The molecule has 0 radical (unpaired) electrons. The van der Waals surface area contributed by atoms with Gasteiger partial charge in [0.15, 0.2) is 5.57 Å². The third-order valence-corrected chi connectivity index (χ3v) is 1.20. The van der Waals surface area contributed by atoms with Crippen LogP contribution in [0.25, 0.3) is 0 Å². The normalized spacial score (nSPS) is 12.9. The van der Waals surface area contributed by atoms with Crippen molar-refractivity contribution in [3.8, 4) is 0 Å². The first kappa shape index (κ1) is 7.70. The molecule has 1 aliphatic carbocycles. The summed E-state index contributed by atoms with van der Waals surface area (Å²) in [6, 6.07) is 0. The molecule has 0 aromatic rings. The van der Waals surface area contributed by atoms with Gasteiger partial charge < -0.3 is 0 Å². The molecule has 0 aromatic heterocycles. The topological polar surface area (TPSA) is 29.4 Å². The van der Waals surface area contributed by atoms with E-state index in [9.17, 15) is 4.79 Å². The van der Waals surface area contributed by atoms with Crippen molar-refractivity contribution in [1.82, 2.24) is 0 Å². The lowest BCUT2D eigenvalue weighted by Gasteiger charge is -1.85. The zero-order chi connectivity index (χ0) is 8.10. The molecule has 0 saturated carbocycles. The molecule has 2 nitrogen and oxygen atoms in total. The first-order valence-electron chi connectivity index (χ1n) is 2.93. The molecule has 0 aromatic carbocycles. The minimum Gasteiger partial charge on any atom is -0.263 e. The number of hydrogen-bond acceptors (Lipinski definition) is 2. The fourth-order valence-corrected chi connectivity index (χ4v) is 0.718. The second kappa shape index (κ2) is 3.69. The van der Waals surface area contributed by atoms with E-state index in [1.54, 1.807) is 24.3 Å². The van der Waals surface area contributed by atoms with Crippen LogP contribution in [0.2, 0.25) is 0 Å². The van der Waals surface area contributed by atoms with E-state index in [0.717, 1.165) is 0 Å². The van der Waals surface area contributed by atoms with E-state index in [2.05, 4.69) is 23.3 Å². The van der Waals surface area contributed by atoms with Gasteiger partial charge in [0.2, 0.25) is 0 Å². The Morgan fingerprint density at radius 2 is 2.55 bits per heavy atom. The molecule has 0 bridgehead atoms. The van der Waals surface area contributed by atoms with Gasteiger partial charge in [-0.2, -0.15) is 4.99 Å². The lowest BCUT2D eigenvalue weighted by atomic mass is 10.1. The number of nitrogens with zero attached hydrogens (tertiary/aromatic N) is 1. The van der Waals surface area contributed by atoms with Crippen LogP contribution in [0.15, 0.2) is 34.9 Å². The lowest BCUT2D eigenvalue weighted by molar-refractivity contribution is -0.114. The highest BCUT2D eigenvalue weighted by Crippen LogP contribution is 2.04. The lowest BCUT2D eigenvalue weighted by Crippen LogP contribution is -1.95. The summed E-state index contributed by atoms with van der Waals surface area (Å²) in [5.74, 6) is -0.367. The number of amides is 1. The summed E-state index contributed by atoms with van der Waals surface area (Å²) in [6.45, 7) is 0. The summed E-state index contributed by atoms with van der Waals surface area (Å²) in [4.78, 5) is 14.2. The molecule has 0 spiro atoms. The summed E-state index contributed by atoms with van der Waals surface area (Å²) in [7, 11) is 0. The highest BCUT2D eigenvalue weighted by Gasteiger charge is 2.10. The van der Waals surface area contributed by atoms with E-state index >= 15 is 0 Å². The van der Waals surface area contributed by atoms with Gasteiger partial charge in [-0.15, -0.1) is 0 Å². The maximum Gasteiger partial charge on any atom is 0.312 e. The third kappa shape index (κ3) is 2.03. The minimum absolute atomic E-state index is 0.367. The van der Waals surface area contributed by atoms with Crippen LogP contribution in [-0.4, -0.2) is 11.1 Å². The van der Waals surface area contributed by atoms with E-state index in [-0.39, 0.29) is 5.91 Å². The van der Waals surface area contributed by atoms with Crippen LogP contribution in [0.5, 0.6) is 0 Å². The first-order chi connectivity index (χ1) is 5.34. The van der Waals surface area contributed by atoms with E-state index in [4.69, 9.17) is 0 Å². The van der Waals surface area contributed by atoms with Crippen molar-refractivity contribution in [2.75, 3.05) is 0 Å². The average molecular weight is 162 g/mol. The predicted octanol–water partition coefficient (Wildman–Crippen LogP) is 1.47. The van der Waals surface area contributed by atoms with Crippen LogP contribution in [-0.2, 0) is 4.79 Å². The SMILES string of the molecule is O=C(N=C=S)C1=CC=[C+]C=C1. The van der Waals surface area contributed by atoms with Crippen LogP contribution in [0.4, 0.5) is 0 Å². The number of carbonyl (C=O) groups is 1. The summed E-state index contributed by atoms with van der Waals surface area (Å²) >= 11 is 4.28.